The van der Waals surface area contributed by atoms with Crippen molar-refractivity contribution in [3.8, 4) is 0 Å². The van der Waals surface area contributed by atoms with Gasteiger partial charge in [0.2, 0.25) is 22.4 Å². The number of alkyl carbamates (subject to hydrolysis) is 1. The summed E-state index contributed by atoms with van der Waals surface area (Å²) in [5.74, 6) is -0.507. The second-order valence-electron chi connectivity index (χ2n) is 12.6. The number of amides is 3. The van der Waals surface area contributed by atoms with Crippen LogP contribution in [0.2, 0.25) is 0 Å². The normalized spacial score (nSPS) is 22.2. The summed E-state index contributed by atoms with van der Waals surface area (Å²) in [5, 5.41) is 5.08. The lowest BCUT2D eigenvalue weighted by atomic mass is 9.74. The van der Waals surface area contributed by atoms with Gasteiger partial charge in [0.1, 0.15) is 5.60 Å². The standard InChI is InChI=1S/C19H37N3O5S.C5H10N2O3.C5H12O/c1-9-10-20-17(21-18(23)27-19(5,6)7)22-28(24,25)16-12(2)11-15(26-8)13(3)14(16)4;1-7(10-2)5(9)3-6-4-8;1-5(2,3)6-4/h12-16H,9-11H2,1-8H3,(H2,20,21,22,23);4H,3H2,1-2H3,(H,6,8);1-4H3. The molecule has 44 heavy (non-hydrogen) atoms. The Morgan fingerprint density at radius 1 is 1.00 bits per heavy atom. The molecule has 5 atom stereocenters. The second-order valence-corrected chi connectivity index (χ2v) is 14.4. The van der Waals surface area contributed by atoms with Crippen molar-refractivity contribution in [2.75, 3.05) is 41.5 Å². The van der Waals surface area contributed by atoms with Crippen molar-refractivity contribution in [3.63, 3.8) is 0 Å². The molecule has 3 amide bonds. The van der Waals surface area contributed by atoms with Crippen molar-refractivity contribution in [2.24, 2.45) is 22.7 Å². The summed E-state index contributed by atoms with van der Waals surface area (Å²) in [6.07, 6.45) is 1.12. The fourth-order valence-corrected chi connectivity index (χ4v) is 6.09. The van der Waals surface area contributed by atoms with Crippen LogP contribution in [0.15, 0.2) is 4.99 Å². The largest absolute Gasteiger partial charge is 0.444 e. The van der Waals surface area contributed by atoms with Crippen LogP contribution in [0.1, 0.15) is 82.1 Å². The van der Waals surface area contributed by atoms with E-state index in [-0.39, 0.29) is 47.9 Å². The van der Waals surface area contributed by atoms with Gasteiger partial charge in [-0.05, 0) is 72.1 Å². The Balaban J connectivity index is 0. The lowest BCUT2D eigenvalue weighted by Crippen LogP contribution is -2.54. The Bertz CT molecular complexity index is 994. The summed E-state index contributed by atoms with van der Waals surface area (Å²) in [6.45, 7) is 19.4. The van der Waals surface area contributed by atoms with Crippen molar-refractivity contribution in [3.05, 3.63) is 0 Å². The number of nitrogens with one attached hydrogen (secondary N) is 3. The Morgan fingerprint density at radius 2 is 1.55 bits per heavy atom. The number of likely N-dealkylation sites (N-methyl/N-ethyl adjacent to an activating group) is 1. The zero-order chi connectivity index (χ0) is 34.9. The highest BCUT2D eigenvalue weighted by Crippen LogP contribution is 2.38. The first-order chi connectivity index (χ1) is 20.1. The van der Waals surface area contributed by atoms with Crippen LogP contribution in [0.5, 0.6) is 0 Å². The fourth-order valence-electron chi connectivity index (χ4n) is 4.04. The third-order valence-electron chi connectivity index (χ3n) is 6.69. The van der Waals surface area contributed by atoms with Crippen molar-refractivity contribution >= 4 is 34.4 Å². The molecule has 0 spiro atoms. The molecule has 0 aromatic carbocycles. The number of carbonyl (C=O) groups is 3. The third-order valence-corrected chi connectivity index (χ3v) is 8.77. The molecule has 1 aliphatic rings. The maximum Gasteiger partial charge on any atom is 0.414 e. The van der Waals surface area contributed by atoms with E-state index in [0.717, 1.165) is 5.06 Å². The number of ether oxygens (including phenoxy) is 3. The quantitative estimate of drug-likeness (QED) is 0.146. The van der Waals surface area contributed by atoms with E-state index in [1.807, 2.05) is 48.5 Å². The molecule has 15 heteroatoms. The van der Waals surface area contributed by atoms with Crippen LogP contribution in [0.25, 0.3) is 0 Å². The smallest absolute Gasteiger partial charge is 0.414 e. The van der Waals surface area contributed by atoms with Gasteiger partial charge in [-0.1, -0.05) is 27.7 Å². The molecular formula is C29H59N5O9S. The fraction of sp³-hybridized carbons (Fsp3) is 0.862. The van der Waals surface area contributed by atoms with Gasteiger partial charge in [0.15, 0.2) is 0 Å². The molecule has 0 saturated heterocycles. The second kappa shape index (κ2) is 20.5. The van der Waals surface area contributed by atoms with Gasteiger partial charge in [0, 0.05) is 27.8 Å². The first kappa shape index (κ1) is 43.6. The molecule has 0 aliphatic heterocycles. The van der Waals surface area contributed by atoms with Crippen LogP contribution >= 0.6 is 0 Å². The average molecular weight is 654 g/mol. The number of hydrogen-bond donors (Lipinski definition) is 3. The van der Waals surface area contributed by atoms with Gasteiger partial charge in [-0.25, -0.2) is 18.3 Å². The number of hydroxylamine groups is 2. The van der Waals surface area contributed by atoms with Crippen molar-refractivity contribution in [1.82, 2.24) is 20.4 Å². The number of methoxy groups -OCH3 is 2. The number of rotatable bonds is 9. The number of aliphatic imine (C=N–C) groups is 1. The van der Waals surface area contributed by atoms with Gasteiger partial charge in [-0.2, -0.15) is 0 Å². The molecule has 14 nitrogen and oxygen atoms in total. The lowest BCUT2D eigenvalue weighted by molar-refractivity contribution is -0.167. The van der Waals surface area contributed by atoms with E-state index in [1.165, 1.54) is 14.2 Å². The van der Waals surface area contributed by atoms with Crippen LogP contribution in [0, 0.1) is 17.8 Å². The van der Waals surface area contributed by atoms with E-state index in [1.54, 1.807) is 35.0 Å². The Labute approximate surface area is 265 Å². The van der Waals surface area contributed by atoms with Crippen LogP contribution in [0.3, 0.4) is 0 Å². The van der Waals surface area contributed by atoms with E-state index in [0.29, 0.717) is 25.8 Å². The van der Waals surface area contributed by atoms with Gasteiger partial charge >= 0.3 is 6.09 Å². The molecule has 5 unspecified atom stereocenters. The average Bonchev–Trinajstić information content (AvgIpc) is 2.90. The molecule has 0 heterocycles. The summed E-state index contributed by atoms with van der Waals surface area (Å²) >= 11 is 0. The molecule has 0 aromatic rings. The molecular weight excluding hydrogens is 594 g/mol. The predicted molar refractivity (Wildman–Crippen MR) is 171 cm³/mol. The first-order valence-electron chi connectivity index (χ1n) is 14.7. The SMILES string of the molecule is CCCN=C(NC(=O)OC(C)(C)C)NS(=O)(=O)C1C(C)CC(OC)C(C)C1C.COC(C)(C)C.CON(C)C(=O)CNC=O. The predicted octanol–water partition coefficient (Wildman–Crippen LogP) is 3.08. The topological polar surface area (TPSA) is 174 Å². The lowest BCUT2D eigenvalue weighted by Gasteiger charge is -2.42. The van der Waals surface area contributed by atoms with E-state index in [9.17, 15) is 22.8 Å². The summed E-state index contributed by atoms with van der Waals surface area (Å²) in [7, 11) is 2.44. The highest BCUT2D eigenvalue weighted by atomic mass is 32.2. The Morgan fingerprint density at radius 3 is 1.95 bits per heavy atom. The molecule has 1 fully saturated rings. The zero-order valence-corrected chi connectivity index (χ0v) is 30.1. The highest BCUT2D eigenvalue weighted by Gasteiger charge is 2.45. The maximum atomic E-state index is 13.2. The van der Waals surface area contributed by atoms with Gasteiger partial charge < -0.3 is 19.5 Å². The van der Waals surface area contributed by atoms with Gasteiger partial charge in [0.25, 0.3) is 5.91 Å². The van der Waals surface area contributed by atoms with Crippen LogP contribution in [-0.2, 0) is 38.7 Å². The first-order valence-corrected chi connectivity index (χ1v) is 16.3. The molecule has 3 N–H and O–H groups in total. The summed E-state index contributed by atoms with van der Waals surface area (Å²) < 4.78 is 44.5. The van der Waals surface area contributed by atoms with E-state index in [4.69, 9.17) is 14.2 Å². The number of carbonyl (C=O) groups excluding carboxylic acids is 3. The third kappa shape index (κ3) is 18.3. The Hall–Kier alpha value is -2.49. The summed E-state index contributed by atoms with van der Waals surface area (Å²) in [5.41, 5.74) is -0.657. The van der Waals surface area contributed by atoms with Crippen molar-refractivity contribution < 1.29 is 41.8 Å². The van der Waals surface area contributed by atoms with Crippen molar-refractivity contribution in [2.45, 2.75) is 105 Å². The van der Waals surface area contributed by atoms with E-state index < -0.39 is 27.0 Å². The molecule has 0 aromatic heterocycles. The van der Waals surface area contributed by atoms with E-state index in [2.05, 4.69) is 25.2 Å². The maximum absolute atomic E-state index is 13.2. The monoisotopic (exact) mass is 653 g/mol. The Kier molecular flexibility index (Phi) is 20.4. The minimum absolute atomic E-state index is 0.0320. The number of sulfonamides is 1. The minimum Gasteiger partial charge on any atom is -0.444 e. The minimum atomic E-state index is -3.77. The van der Waals surface area contributed by atoms with Crippen molar-refractivity contribution in [1.29, 1.82) is 0 Å². The number of guanidine groups is 1. The summed E-state index contributed by atoms with van der Waals surface area (Å²) in [4.78, 5) is 41.2. The van der Waals surface area contributed by atoms with E-state index >= 15 is 0 Å². The highest BCUT2D eigenvalue weighted by molar-refractivity contribution is 7.90. The van der Waals surface area contributed by atoms with Gasteiger partial charge in [0.05, 0.1) is 30.6 Å². The molecule has 1 rings (SSSR count). The molecule has 1 aliphatic carbocycles. The van der Waals surface area contributed by atoms with Crippen LogP contribution in [-0.4, -0.2) is 102 Å². The molecule has 260 valence electrons. The zero-order valence-electron chi connectivity index (χ0n) is 29.3. The summed E-state index contributed by atoms with van der Waals surface area (Å²) in [6, 6.07) is 0. The molecule has 0 bridgehead atoms. The van der Waals surface area contributed by atoms with Crippen LogP contribution in [0.4, 0.5) is 4.79 Å². The number of nitrogens with zero attached hydrogens (tertiary/aromatic N) is 2. The molecule has 0 radical (unpaired) electrons. The van der Waals surface area contributed by atoms with Crippen LogP contribution < -0.4 is 15.4 Å². The van der Waals surface area contributed by atoms with Gasteiger partial charge in [-0.15, -0.1) is 0 Å². The number of hydrogen-bond acceptors (Lipinski definition) is 10. The molecule has 1 saturated carbocycles. The van der Waals surface area contributed by atoms with Gasteiger partial charge in [-0.3, -0.25) is 29.5 Å².